The van der Waals surface area contributed by atoms with Crippen molar-refractivity contribution in [3.8, 4) is 0 Å². The monoisotopic (exact) mass is 296 g/mol. The van der Waals surface area contributed by atoms with Crippen molar-refractivity contribution >= 4 is 11.6 Å². The molecule has 1 aromatic heterocycles. The first kappa shape index (κ1) is 15.9. The van der Waals surface area contributed by atoms with Crippen molar-refractivity contribution in [2.24, 2.45) is 0 Å². The summed E-state index contributed by atoms with van der Waals surface area (Å²) >= 11 is 0. The molecule has 0 bridgehead atoms. The molecule has 0 spiro atoms. The first-order valence-corrected chi connectivity index (χ1v) is 7.44. The van der Waals surface area contributed by atoms with Gasteiger partial charge in [-0.05, 0) is 13.8 Å². The summed E-state index contributed by atoms with van der Waals surface area (Å²) in [5, 5.41) is 6.48. The van der Waals surface area contributed by atoms with E-state index in [-0.39, 0.29) is 6.10 Å². The Bertz CT molecular complexity index is 425. The van der Waals surface area contributed by atoms with Gasteiger partial charge in [0.1, 0.15) is 18.2 Å². The van der Waals surface area contributed by atoms with E-state index in [0.29, 0.717) is 45.4 Å². The minimum Gasteiger partial charge on any atom is -0.376 e. The molecule has 0 aliphatic carbocycles. The van der Waals surface area contributed by atoms with Gasteiger partial charge < -0.3 is 24.8 Å². The summed E-state index contributed by atoms with van der Waals surface area (Å²) in [6, 6.07) is 1.89. The molecule has 2 N–H and O–H groups in total. The highest BCUT2D eigenvalue weighted by atomic mass is 16.6. The lowest BCUT2D eigenvalue weighted by molar-refractivity contribution is -0.0819. The van der Waals surface area contributed by atoms with E-state index in [9.17, 15) is 0 Å². The van der Waals surface area contributed by atoms with Gasteiger partial charge in [-0.1, -0.05) is 0 Å². The molecule has 1 atom stereocenters. The number of rotatable bonds is 8. The van der Waals surface area contributed by atoms with E-state index in [0.717, 1.165) is 18.2 Å². The molecule has 7 heteroatoms. The van der Waals surface area contributed by atoms with Crippen molar-refractivity contribution < 1.29 is 14.2 Å². The molecule has 1 fully saturated rings. The third-order valence-electron chi connectivity index (χ3n) is 2.96. The molecule has 1 aromatic rings. The maximum absolute atomic E-state index is 5.60. The van der Waals surface area contributed by atoms with Gasteiger partial charge in [0.25, 0.3) is 0 Å². The van der Waals surface area contributed by atoms with E-state index in [1.54, 1.807) is 0 Å². The molecular weight excluding hydrogens is 272 g/mol. The van der Waals surface area contributed by atoms with E-state index in [1.165, 1.54) is 0 Å². The lowest BCUT2D eigenvalue weighted by Crippen LogP contribution is -2.34. The van der Waals surface area contributed by atoms with Crippen LogP contribution in [0.2, 0.25) is 0 Å². The zero-order chi connectivity index (χ0) is 14.9. The molecule has 1 aliphatic rings. The molecule has 0 aromatic carbocycles. The molecule has 21 heavy (non-hydrogen) atoms. The van der Waals surface area contributed by atoms with E-state index in [4.69, 9.17) is 14.2 Å². The Hall–Kier alpha value is -1.44. The van der Waals surface area contributed by atoms with Crippen molar-refractivity contribution in [1.82, 2.24) is 9.97 Å². The second-order valence-corrected chi connectivity index (χ2v) is 4.67. The van der Waals surface area contributed by atoms with Gasteiger partial charge in [0.05, 0.1) is 25.9 Å². The minimum absolute atomic E-state index is 0.0617. The fourth-order valence-corrected chi connectivity index (χ4v) is 1.99. The van der Waals surface area contributed by atoms with Gasteiger partial charge in [-0.25, -0.2) is 9.97 Å². The third-order valence-corrected chi connectivity index (χ3v) is 2.96. The summed E-state index contributed by atoms with van der Waals surface area (Å²) in [5.41, 5.74) is 0. The van der Waals surface area contributed by atoms with Crippen LogP contribution in [0.15, 0.2) is 6.07 Å². The van der Waals surface area contributed by atoms with Gasteiger partial charge in [-0.2, -0.15) is 0 Å². The number of hydrogen-bond donors (Lipinski definition) is 2. The van der Waals surface area contributed by atoms with Gasteiger partial charge in [0, 0.05) is 25.8 Å². The molecule has 0 radical (unpaired) electrons. The fraction of sp³-hybridized carbons (Fsp3) is 0.714. The van der Waals surface area contributed by atoms with Crippen LogP contribution in [0, 0.1) is 0 Å². The van der Waals surface area contributed by atoms with Crippen molar-refractivity contribution in [3.63, 3.8) is 0 Å². The lowest BCUT2D eigenvalue weighted by atomic mass is 10.3. The molecule has 118 valence electrons. The molecule has 2 rings (SSSR count). The Labute approximate surface area is 125 Å². The van der Waals surface area contributed by atoms with Crippen molar-refractivity contribution in [1.29, 1.82) is 0 Å². The average molecular weight is 296 g/mol. The minimum atomic E-state index is 0.0617. The highest BCUT2D eigenvalue weighted by Gasteiger charge is 2.14. The molecule has 2 heterocycles. The normalized spacial score (nSPS) is 18.5. The van der Waals surface area contributed by atoms with E-state index in [1.807, 2.05) is 19.9 Å². The van der Waals surface area contributed by atoms with Gasteiger partial charge in [-0.3, -0.25) is 0 Å². The highest BCUT2D eigenvalue weighted by Crippen LogP contribution is 2.13. The smallest absolute Gasteiger partial charge is 0.158 e. The molecular formula is C14H24N4O3. The standard InChI is InChI=1S/C14H24N4O3/c1-3-15-12-7-13(18-14(17-12)10-19-4-2)16-8-11-9-20-5-6-21-11/h7,11H,3-6,8-10H2,1-2H3,(H2,15,16,17,18). The van der Waals surface area contributed by atoms with Gasteiger partial charge in [-0.15, -0.1) is 0 Å². The first-order valence-electron chi connectivity index (χ1n) is 7.44. The predicted molar refractivity (Wildman–Crippen MR) is 80.6 cm³/mol. The Morgan fingerprint density at radius 2 is 2.05 bits per heavy atom. The van der Waals surface area contributed by atoms with Crippen molar-refractivity contribution in [2.45, 2.75) is 26.6 Å². The van der Waals surface area contributed by atoms with E-state index in [2.05, 4.69) is 20.6 Å². The molecule has 1 unspecified atom stereocenters. The fourth-order valence-electron chi connectivity index (χ4n) is 1.99. The number of hydrogen-bond acceptors (Lipinski definition) is 7. The van der Waals surface area contributed by atoms with Crippen molar-refractivity contribution in [2.75, 3.05) is 50.2 Å². The van der Waals surface area contributed by atoms with Crippen molar-refractivity contribution in [3.05, 3.63) is 11.9 Å². The summed E-state index contributed by atoms with van der Waals surface area (Å²) < 4.78 is 16.4. The van der Waals surface area contributed by atoms with E-state index < -0.39 is 0 Å². The van der Waals surface area contributed by atoms with Crippen LogP contribution in [0.4, 0.5) is 11.6 Å². The first-order chi connectivity index (χ1) is 10.3. The second-order valence-electron chi connectivity index (χ2n) is 4.67. The summed E-state index contributed by atoms with van der Waals surface area (Å²) in [6.45, 7) is 8.45. The SMILES string of the molecule is CCNc1cc(NCC2COCCO2)nc(COCC)n1. The number of ether oxygens (including phenoxy) is 3. The second kappa shape index (κ2) is 8.76. The summed E-state index contributed by atoms with van der Waals surface area (Å²) in [6.07, 6.45) is 0.0617. The topological polar surface area (TPSA) is 77.5 Å². The maximum Gasteiger partial charge on any atom is 0.158 e. The van der Waals surface area contributed by atoms with Crippen LogP contribution in [0.3, 0.4) is 0 Å². The molecule has 0 amide bonds. The maximum atomic E-state index is 5.60. The lowest BCUT2D eigenvalue weighted by Gasteiger charge is -2.23. The van der Waals surface area contributed by atoms with E-state index >= 15 is 0 Å². The van der Waals surface area contributed by atoms with Gasteiger partial charge in [0.2, 0.25) is 0 Å². The Morgan fingerprint density at radius 1 is 1.24 bits per heavy atom. The van der Waals surface area contributed by atoms with Crippen LogP contribution < -0.4 is 10.6 Å². The van der Waals surface area contributed by atoms with Crippen LogP contribution in [-0.4, -0.2) is 55.6 Å². The van der Waals surface area contributed by atoms with Gasteiger partial charge >= 0.3 is 0 Å². The summed E-state index contributed by atoms with van der Waals surface area (Å²) in [7, 11) is 0. The Balaban J connectivity index is 1.96. The quantitative estimate of drug-likeness (QED) is 0.748. The Kier molecular flexibility index (Phi) is 6.65. The highest BCUT2D eigenvalue weighted by molar-refractivity contribution is 5.47. The largest absolute Gasteiger partial charge is 0.376 e. The number of nitrogens with one attached hydrogen (secondary N) is 2. The van der Waals surface area contributed by atoms with Crippen LogP contribution >= 0.6 is 0 Å². The molecule has 1 aliphatic heterocycles. The average Bonchev–Trinajstić information content (AvgIpc) is 2.52. The molecule has 7 nitrogen and oxygen atoms in total. The van der Waals surface area contributed by atoms with Crippen LogP contribution in [0.1, 0.15) is 19.7 Å². The van der Waals surface area contributed by atoms with Crippen LogP contribution in [-0.2, 0) is 20.8 Å². The zero-order valence-electron chi connectivity index (χ0n) is 12.7. The summed E-state index contributed by atoms with van der Waals surface area (Å²) in [5.74, 6) is 2.23. The number of nitrogens with zero attached hydrogens (tertiary/aromatic N) is 2. The zero-order valence-corrected chi connectivity index (χ0v) is 12.7. The Morgan fingerprint density at radius 3 is 2.71 bits per heavy atom. The molecule has 1 saturated heterocycles. The van der Waals surface area contributed by atoms with Gasteiger partial charge in [0.15, 0.2) is 5.82 Å². The number of aromatic nitrogens is 2. The summed E-state index contributed by atoms with van der Waals surface area (Å²) in [4.78, 5) is 8.87. The number of anilines is 2. The van der Waals surface area contributed by atoms with Crippen LogP contribution in [0.5, 0.6) is 0 Å². The van der Waals surface area contributed by atoms with Crippen LogP contribution in [0.25, 0.3) is 0 Å². The predicted octanol–water partition coefficient (Wildman–Crippen LogP) is 1.27. The third kappa shape index (κ3) is 5.45. The molecule has 0 saturated carbocycles.